The molecule has 0 radical (unpaired) electrons. The van der Waals surface area contributed by atoms with Gasteiger partial charge in [0.05, 0.1) is 0 Å². The van der Waals surface area contributed by atoms with E-state index in [-0.39, 0.29) is 5.56 Å². The van der Waals surface area contributed by atoms with Gasteiger partial charge in [0.1, 0.15) is 17.1 Å². The van der Waals surface area contributed by atoms with Crippen LogP contribution in [0.1, 0.15) is 15.9 Å². The highest BCUT2D eigenvalue weighted by atomic mass is 19.1. The molecule has 19 heavy (non-hydrogen) atoms. The molecule has 0 bridgehead atoms. The molecule has 2 rings (SSSR count). The average molecular weight is 260 g/mol. The number of phenolic OH excluding ortho intramolecular Hbond substituents is 1. The van der Waals surface area contributed by atoms with Crippen LogP contribution in [0.5, 0.6) is 5.75 Å². The Morgan fingerprint density at radius 3 is 2.63 bits per heavy atom. The Morgan fingerprint density at radius 2 is 1.95 bits per heavy atom. The van der Waals surface area contributed by atoms with Crippen LogP contribution in [0, 0.1) is 12.7 Å². The number of rotatable bonds is 2. The van der Waals surface area contributed by atoms with Crippen LogP contribution in [0.4, 0.5) is 15.8 Å². The lowest BCUT2D eigenvalue weighted by Crippen LogP contribution is -2.15. The molecule has 2 aromatic rings. The molecule has 0 saturated heterocycles. The molecule has 0 atom stereocenters. The molecule has 4 N–H and O–H groups in total. The van der Waals surface area contributed by atoms with Gasteiger partial charge in [0.2, 0.25) is 0 Å². The maximum Gasteiger partial charge on any atom is 0.262 e. The number of nitrogens with one attached hydrogen (secondary N) is 1. The van der Waals surface area contributed by atoms with Crippen LogP contribution in [-0.4, -0.2) is 11.0 Å². The number of anilines is 2. The van der Waals surface area contributed by atoms with Gasteiger partial charge in [-0.1, -0.05) is 12.1 Å². The van der Waals surface area contributed by atoms with Crippen molar-refractivity contribution in [3.05, 3.63) is 53.3 Å². The Balaban J connectivity index is 2.34. The second kappa shape index (κ2) is 4.97. The minimum Gasteiger partial charge on any atom is -0.507 e. The molecule has 98 valence electrons. The molecule has 0 aliphatic rings. The smallest absolute Gasteiger partial charge is 0.262 e. The van der Waals surface area contributed by atoms with Crippen molar-refractivity contribution in [1.29, 1.82) is 0 Å². The second-order valence-electron chi connectivity index (χ2n) is 4.11. The van der Waals surface area contributed by atoms with Gasteiger partial charge in [-0.3, -0.25) is 4.79 Å². The maximum absolute atomic E-state index is 13.5. The molecule has 0 aliphatic heterocycles. The minimum atomic E-state index is -0.779. The van der Waals surface area contributed by atoms with Gasteiger partial charge >= 0.3 is 0 Å². The number of halogens is 1. The summed E-state index contributed by atoms with van der Waals surface area (Å²) >= 11 is 0. The van der Waals surface area contributed by atoms with Crippen molar-refractivity contribution in [2.45, 2.75) is 6.92 Å². The van der Waals surface area contributed by atoms with Crippen LogP contribution < -0.4 is 11.1 Å². The molecule has 0 fully saturated rings. The van der Waals surface area contributed by atoms with E-state index in [1.54, 1.807) is 25.1 Å². The van der Waals surface area contributed by atoms with E-state index in [0.717, 1.165) is 6.07 Å². The van der Waals surface area contributed by atoms with Crippen molar-refractivity contribution in [3.8, 4) is 5.75 Å². The van der Waals surface area contributed by atoms with Gasteiger partial charge in [-0.05, 0) is 36.8 Å². The zero-order valence-electron chi connectivity index (χ0n) is 10.3. The molecule has 0 aliphatic carbocycles. The zero-order chi connectivity index (χ0) is 14.0. The van der Waals surface area contributed by atoms with E-state index in [0.29, 0.717) is 16.9 Å². The summed E-state index contributed by atoms with van der Waals surface area (Å²) in [5, 5.41) is 12.1. The van der Waals surface area contributed by atoms with Crippen molar-refractivity contribution >= 4 is 17.3 Å². The summed E-state index contributed by atoms with van der Waals surface area (Å²) in [6.45, 7) is 1.74. The summed E-state index contributed by atoms with van der Waals surface area (Å²) in [6.07, 6.45) is 0. The fourth-order valence-corrected chi connectivity index (χ4v) is 1.71. The lowest BCUT2D eigenvalue weighted by molar-refractivity contribution is 0.102. The van der Waals surface area contributed by atoms with E-state index in [4.69, 9.17) is 5.73 Å². The van der Waals surface area contributed by atoms with Crippen LogP contribution in [0.15, 0.2) is 36.4 Å². The maximum atomic E-state index is 13.5. The first-order valence-corrected chi connectivity index (χ1v) is 5.64. The zero-order valence-corrected chi connectivity index (χ0v) is 10.3. The number of amides is 1. The van der Waals surface area contributed by atoms with Crippen LogP contribution in [0.2, 0.25) is 0 Å². The quantitative estimate of drug-likeness (QED) is 0.727. The first-order chi connectivity index (χ1) is 9.00. The van der Waals surface area contributed by atoms with E-state index < -0.39 is 17.5 Å². The van der Waals surface area contributed by atoms with Crippen LogP contribution in [0.25, 0.3) is 0 Å². The molecule has 2 aromatic carbocycles. The SMILES string of the molecule is Cc1c(N)cccc1NC(=O)c1c(O)cccc1F. The van der Waals surface area contributed by atoms with Gasteiger partial charge in [-0.15, -0.1) is 0 Å². The Kier molecular flexibility index (Phi) is 3.37. The fraction of sp³-hybridized carbons (Fsp3) is 0.0714. The molecular formula is C14H13FN2O2. The Hall–Kier alpha value is -2.56. The van der Waals surface area contributed by atoms with Crippen LogP contribution in [-0.2, 0) is 0 Å². The average Bonchev–Trinajstić information content (AvgIpc) is 2.35. The third kappa shape index (κ3) is 2.49. The summed E-state index contributed by atoms with van der Waals surface area (Å²) in [4.78, 5) is 12.0. The summed E-state index contributed by atoms with van der Waals surface area (Å²) in [6, 6.07) is 8.73. The Labute approximate surface area is 109 Å². The number of benzene rings is 2. The Bertz CT molecular complexity index is 621. The van der Waals surface area contributed by atoms with Crippen molar-refractivity contribution in [2.24, 2.45) is 0 Å². The standard InChI is InChI=1S/C14H13FN2O2/c1-8-10(16)5-3-6-11(8)17-14(19)13-9(15)4-2-7-12(13)18/h2-7,18H,16H2,1H3,(H,17,19). The molecular weight excluding hydrogens is 247 g/mol. The van der Waals surface area contributed by atoms with Gasteiger partial charge in [0, 0.05) is 11.4 Å². The van der Waals surface area contributed by atoms with Gasteiger partial charge < -0.3 is 16.2 Å². The van der Waals surface area contributed by atoms with Gasteiger partial charge in [0.25, 0.3) is 5.91 Å². The third-order valence-electron chi connectivity index (χ3n) is 2.84. The summed E-state index contributed by atoms with van der Waals surface area (Å²) in [5.41, 5.74) is 7.02. The molecule has 0 spiro atoms. The van der Waals surface area contributed by atoms with E-state index in [1.165, 1.54) is 12.1 Å². The van der Waals surface area contributed by atoms with Crippen LogP contribution >= 0.6 is 0 Å². The first-order valence-electron chi connectivity index (χ1n) is 5.64. The summed E-state index contributed by atoms with van der Waals surface area (Å²) in [7, 11) is 0. The monoisotopic (exact) mass is 260 g/mol. The van der Waals surface area contributed by atoms with E-state index in [9.17, 15) is 14.3 Å². The van der Waals surface area contributed by atoms with Gasteiger partial charge in [0.15, 0.2) is 0 Å². The molecule has 1 amide bonds. The van der Waals surface area contributed by atoms with E-state index >= 15 is 0 Å². The lowest BCUT2D eigenvalue weighted by Gasteiger charge is -2.11. The highest BCUT2D eigenvalue weighted by molar-refractivity contribution is 6.06. The largest absolute Gasteiger partial charge is 0.507 e. The van der Waals surface area contributed by atoms with Crippen LogP contribution in [0.3, 0.4) is 0 Å². The topological polar surface area (TPSA) is 75.3 Å². The molecule has 0 saturated carbocycles. The number of phenols is 1. The third-order valence-corrected chi connectivity index (χ3v) is 2.84. The van der Waals surface area contributed by atoms with Gasteiger partial charge in [-0.2, -0.15) is 0 Å². The molecule has 4 nitrogen and oxygen atoms in total. The lowest BCUT2D eigenvalue weighted by atomic mass is 10.1. The van der Waals surface area contributed by atoms with Gasteiger partial charge in [-0.25, -0.2) is 4.39 Å². The molecule has 5 heteroatoms. The van der Waals surface area contributed by atoms with Crippen molar-refractivity contribution in [1.82, 2.24) is 0 Å². The predicted octanol–water partition coefficient (Wildman–Crippen LogP) is 2.67. The van der Waals surface area contributed by atoms with Crippen molar-refractivity contribution in [3.63, 3.8) is 0 Å². The number of aromatic hydroxyl groups is 1. The van der Waals surface area contributed by atoms with Crippen molar-refractivity contribution < 1.29 is 14.3 Å². The number of hydrogen-bond donors (Lipinski definition) is 3. The number of carbonyl (C=O) groups excluding carboxylic acids is 1. The normalized spacial score (nSPS) is 10.2. The first kappa shape index (κ1) is 12.9. The fourth-order valence-electron chi connectivity index (χ4n) is 1.71. The summed E-state index contributed by atoms with van der Waals surface area (Å²) < 4.78 is 13.5. The highest BCUT2D eigenvalue weighted by Gasteiger charge is 2.17. The minimum absolute atomic E-state index is 0.385. The molecule has 0 heterocycles. The number of carbonyl (C=O) groups is 1. The number of nitrogen functional groups attached to an aromatic ring is 1. The van der Waals surface area contributed by atoms with E-state index in [1.807, 2.05) is 0 Å². The molecule has 0 aromatic heterocycles. The van der Waals surface area contributed by atoms with E-state index in [2.05, 4.69) is 5.32 Å². The second-order valence-corrected chi connectivity index (χ2v) is 4.11. The predicted molar refractivity (Wildman–Crippen MR) is 71.6 cm³/mol. The molecule has 0 unspecified atom stereocenters. The number of hydrogen-bond acceptors (Lipinski definition) is 3. The number of nitrogens with two attached hydrogens (primary N) is 1. The summed E-state index contributed by atoms with van der Waals surface area (Å²) in [5.74, 6) is -1.90. The van der Waals surface area contributed by atoms with Crippen molar-refractivity contribution in [2.75, 3.05) is 11.1 Å². The highest BCUT2D eigenvalue weighted by Crippen LogP contribution is 2.24. The Morgan fingerprint density at radius 1 is 1.26 bits per heavy atom.